The fraction of sp³-hybridized carbons (Fsp3) is 0.286. The number of furan rings is 1. The van der Waals surface area contributed by atoms with Gasteiger partial charge >= 0.3 is 5.97 Å². The van der Waals surface area contributed by atoms with Crippen LogP contribution in [0.25, 0.3) is 11.1 Å². The largest absolute Gasteiger partial charge is 0.457 e. The van der Waals surface area contributed by atoms with E-state index >= 15 is 0 Å². The summed E-state index contributed by atoms with van der Waals surface area (Å²) in [6.45, 7) is 5.46. The maximum atomic E-state index is 12.0. The summed E-state index contributed by atoms with van der Waals surface area (Å²) in [5.74, 6) is -0.240. The first-order valence-electron chi connectivity index (χ1n) is 5.68. The Morgan fingerprint density at radius 3 is 2.50 bits per heavy atom. The minimum atomic E-state index is -0.542. The summed E-state index contributed by atoms with van der Waals surface area (Å²) in [5, 5.41) is 0. The van der Waals surface area contributed by atoms with Gasteiger partial charge in [-0.1, -0.05) is 0 Å². The van der Waals surface area contributed by atoms with Crippen LogP contribution in [0.4, 0.5) is 0 Å². The monoisotopic (exact) mass is 245 g/mol. The van der Waals surface area contributed by atoms with Gasteiger partial charge in [-0.3, -0.25) is 4.98 Å². The fourth-order valence-corrected chi connectivity index (χ4v) is 1.55. The topological polar surface area (TPSA) is 52.3 Å². The molecule has 0 aliphatic heterocycles. The number of hydrogen-bond acceptors (Lipinski definition) is 4. The van der Waals surface area contributed by atoms with Gasteiger partial charge in [0, 0.05) is 18.0 Å². The lowest BCUT2D eigenvalue weighted by Gasteiger charge is -2.18. The average Bonchev–Trinajstić information content (AvgIpc) is 2.76. The lowest BCUT2D eigenvalue weighted by Crippen LogP contribution is -2.23. The van der Waals surface area contributed by atoms with E-state index < -0.39 is 11.6 Å². The van der Waals surface area contributed by atoms with Gasteiger partial charge in [0.1, 0.15) is 5.60 Å². The van der Waals surface area contributed by atoms with Crippen molar-refractivity contribution in [3.8, 4) is 11.1 Å². The van der Waals surface area contributed by atoms with E-state index in [1.54, 1.807) is 18.5 Å². The van der Waals surface area contributed by atoms with E-state index in [0.29, 0.717) is 5.56 Å². The lowest BCUT2D eigenvalue weighted by atomic mass is 10.1. The molecule has 0 saturated heterocycles. The molecular formula is C14H15NO3. The molecule has 4 heteroatoms. The Balaban J connectivity index is 2.32. The van der Waals surface area contributed by atoms with Gasteiger partial charge in [-0.2, -0.15) is 0 Å². The second-order valence-electron chi connectivity index (χ2n) is 4.90. The van der Waals surface area contributed by atoms with E-state index in [1.165, 1.54) is 6.26 Å². The first kappa shape index (κ1) is 12.4. The summed E-state index contributed by atoms with van der Waals surface area (Å²) < 4.78 is 10.5. The van der Waals surface area contributed by atoms with Crippen LogP contribution in [0.1, 0.15) is 31.3 Å². The van der Waals surface area contributed by atoms with Crippen molar-refractivity contribution in [2.45, 2.75) is 26.4 Å². The Labute approximate surface area is 106 Å². The summed E-state index contributed by atoms with van der Waals surface area (Å²) in [7, 11) is 0. The number of carbonyl (C=O) groups is 1. The summed E-state index contributed by atoms with van der Waals surface area (Å²) in [5.41, 5.74) is 1.05. The van der Waals surface area contributed by atoms with Crippen LogP contribution < -0.4 is 0 Å². The van der Waals surface area contributed by atoms with Crippen molar-refractivity contribution in [3.05, 3.63) is 42.6 Å². The number of carbonyl (C=O) groups excluding carboxylic acids is 1. The molecule has 0 amide bonds. The molecule has 0 unspecified atom stereocenters. The molecule has 18 heavy (non-hydrogen) atoms. The molecule has 0 atom stereocenters. The van der Waals surface area contributed by atoms with Crippen LogP contribution in [0, 0.1) is 0 Å². The highest BCUT2D eigenvalue weighted by Crippen LogP contribution is 2.26. The number of aromatic nitrogens is 1. The molecule has 0 aromatic carbocycles. The van der Waals surface area contributed by atoms with Crippen LogP contribution in [0.15, 0.2) is 41.3 Å². The van der Waals surface area contributed by atoms with Gasteiger partial charge in [0.25, 0.3) is 0 Å². The molecule has 0 saturated carbocycles. The van der Waals surface area contributed by atoms with E-state index in [4.69, 9.17) is 9.15 Å². The minimum absolute atomic E-state index is 0.219. The Morgan fingerprint density at radius 1 is 1.22 bits per heavy atom. The van der Waals surface area contributed by atoms with Gasteiger partial charge in [-0.15, -0.1) is 0 Å². The maximum absolute atomic E-state index is 12.0. The third-order valence-corrected chi connectivity index (χ3v) is 2.24. The normalized spacial score (nSPS) is 11.3. The number of rotatable bonds is 2. The maximum Gasteiger partial charge on any atom is 0.375 e. The van der Waals surface area contributed by atoms with Crippen molar-refractivity contribution in [2.24, 2.45) is 0 Å². The van der Waals surface area contributed by atoms with E-state index in [9.17, 15) is 4.79 Å². The molecule has 94 valence electrons. The van der Waals surface area contributed by atoms with E-state index in [0.717, 1.165) is 5.56 Å². The second kappa shape index (κ2) is 4.64. The first-order valence-corrected chi connectivity index (χ1v) is 5.68. The average molecular weight is 245 g/mol. The minimum Gasteiger partial charge on any atom is -0.457 e. The highest BCUT2D eigenvalue weighted by Gasteiger charge is 2.23. The van der Waals surface area contributed by atoms with Gasteiger partial charge in [0.05, 0.1) is 6.26 Å². The molecule has 2 heterocycles. The van der Waals surface area contributed by atoms with Crippen molar-refractivity contribution in [1.82, 2.24) is 4.98 Å². The smallest absolute Gasteiger partial charge is 0.375 e. The van der Waals surface area contributed by atoms with E-state index in [2.05, 4.69) is 4.98 Å². The second-order valence-corrected chi connectivity index (χ2v) is 4.90. The molecule has 0 aliphatic rings. The Hall–Kier alpha value is -2.10. The van der Waals surface area contributed by atoms with Crippen LogP contribution in [0.3, 0.4) is 0 Å². The highest BCUT2D eigenvalue weighted by atomic mass is 16.6. The Morgan fingerprint density at radius 2 is 1.89 bits per heavy atom. The third kappa shape index (κ3) is 2.77. The summed E-state index contributed by atoms with van der Waals surface area (Å²) in [6, 6.07) is 5.38. The predicted molar refractivity (Wildman–Crippen MR) is 67.1 cm³/mol. The van der Waals surface area contributed by atoms with Crippen molar-refractivity contribution in [1.29, 1.82) is 0 Å². The molecule has 0 bridgehead atoms. The zero-order chi connectivity index (χ0) is 13.2. The van der Waals surface area contributed by atoms with Gasteiger partial charge < -0.3 is 9.15 Å². The van der Waals surface area contributed by atoms with Gasteiger partial charge in [0.15, 0.2) is 0 Å². The zero-order valence-electron chi connectivity index (χ0n) is 10.6. The van der Waals surface area contributed by atoms with Crippen molar-refractivity contribution in [3.63, 3.8) is 0 Å². The van der Waals surface area contributed by atoms with E-state index in [1.807, 2.05) is 32.9 Å². The third-order valence-electron chi connectivity index (χ3n) is 2.24. The summed E-state index contributed by atoms with van der Waals surface area (Å²) in [6.07, 6.45) is 4.82. The SMILES string of the molecule is CC(C)(C)OC(=O)c1occc1-c1ccncc1. The molecule has 4 nitrogen and oxygen atoms in total. The fourth-order valence-electron chi connectivity index (χ4n) is 1.55. The number of nitrogens with zero attached hydrogens (tertiary/aromatic N) is 1. The zero-order valence-corrected chi connectivity index (χ0v) is 10.6. The van der Waals surface area contributed by atoms with Gasteiger partial charge in [-0.05, 0) is 44.5 Å². The first-order chi connectivity index (χ1) is 8.47. The molecule has 2 aromatic rings. The number of ether oxygens (including phenoxy) is 1. The van der Waals surface area contributed by atoms with Crippen LogP contribution in [-0.2, 0) is 4.74 Å². The Kier molecular flexibility index (Phi) is 3.19. The summed E-state index contributed by atoms with van der Waals surface area (Å²) >= 11 is 0. The lowest BCUT2D eigenvalue weighted by molar-refractivity contribution is 0.00372. The molecule has 0 fully saturated rings. The number of pyridine rings is 1. The van der Waals surface area contributed by atoms with Crippen LogP contribution in [-0.4, -0.2) is 16.6 Å². The van der Waals surface area contributed by atoms with E-state index in [-0.39, 0.29) is 5.76 Å². The van der Waals surface area contributed by atoms with Crippen molar-refractivity contribution in [2.75, 3.05) is 0 Å². The summed E-state index contributed by atoms with van der Waals surface area (Å²) in [4.78, 5) is 15.9. The Bertz CT molecular complexity index is 538. The molecule has 0 radical (unpaired) electrons. The quantitative estimate of drug-likeness (QED) is 0.762. The van der Waals surface area contributed by atoms with Crippen molar-refractivity contribution < 1.29 is 13.9 Å². The highest BCUT2D eigenvalue weighted by molar-refractivity contribution is 5.94. The number of hydrogen-bond donors (Lipinski definition) is 0. The van der Waals surface area contributed by atoms with Crippen LogP contribution >= 0.6 is 0 Å². The standard InChI is InChI=1S/C14H15NO3/c1-14(2,3)18-13(16)12-11(6-9-17-12)10-4-7-15-8-5-10/h4-9H,1-3H3. The molecule has 0 spiro atoms. The van der Waals surface area contributed by atoms with Gasteiger partial charge in [-0.25, -0.2) is 4.79 Å². The van der Waals surface area contributed by atoms with Crippen LogP contribution in [0.5, 0.6) is 0 Å². The molecule has 2 aromatic heterocycles. The molecule has 2 rings (SSSR count). The molecule has 0 N–H and O–H groups in total. The van der Waals surface area contributed by atoms with Gasteiger partial charge in [0.2, 0.25) is 5.76 Å². The predicted octanol–water partition coefficient (Wildman–Crippen LogP) is 3.30. The molecule has 0 aliphatic carbocycles. The van der Waals surface area contributed by atoms with Crippen molar-refractivity contribution >= 4 is 5.97 Å². The molecular weight excluding hydrogens is 230 g/mol. The number of esters is 1. The van der Waals surface area contributed by atoms with Crippen LogP contribution in [0.2, 0.25) is 0 Å².